The molecule has 7 heteroatoms. The van der Waals surface area contributed by atoms with E-state index in [2.05, 4.69) is 12.1 Å². The maximum atomic E-state index is 13.2. The molecule has 0 radical (unpaired) electrons. The van der Waals surface area contributed by atoms with Gasteiger partial charge in [0.05, 0.1) is 30.0 Å². The summed E-state index contributed by atoms with van der Waals surface area (Å²) in [5, 5.41) is 0.949. The molecule has 1 amide bonds. The second-order valence-corrected chi connectivity index (χ2v) is 10.6. The fraction of sp³-hybridized carbons (Fsp3) is 0.481. The van der Waals surface area contributed by atoms with E-state index in [0.717, 1.165) is 44.3 Å². The number of nitrogens with zero attached hydrogens (tertiary/aromatic N) is 2. The molecular formula is C27H30N2O4S. The molecule has 1 saturated heterocycles. The summed E-state index contributed by atoms with van der Waals surface area (Å²) in [4.78, 5) is 20.0. The van der Waals surface area contributed by atoms with Crippen molar-refractivity contribution < 1.29 is 19.0 Å². The smallest absolute Gasteiger partial charge is 0.223 e. The van der Waals surface area contributed by atoms with Crippen molar-refractivity contribution in [2.75, 3.05) is 26.4 Å². The quantitative estimate of drug-likeness (QED) is 0.489. The molecule has 3 aromatic rings. The molecule has 3 heterocycles. The van der Waals surface area contributed by atoms with E-state index >= 15 is 0 Å². The number of carbonyl (C=O) groups excluding carboxylic acids is 1. The summed E-state index contributed by atoms with van der Waals surface area (Å²) in [6.07, 6.45) is 6.39. The highest BCUT2D eigenvalue weighted by atomic mass is 32.1. The minimum absolute atomic E-state index is 0.0154. The molecular weight excluding hydrogens is 448 g/mol. The number of benzene rings is 2. The van der Waals surface area contributed by atoms with Crippen LogP contribution in [0.1, 0.15) is 44.1 Å². The number of thiazole rings is 1. The molecule has 0 bridgehead atoms. The molecule has 1 atom stereocenters. The van der Waals surface area contributed by atoms with Crippen LogP contribution in [-0.2, 0) is 16.1 Å². The Bertz CT molecular complexity index is 1150. The van der Waals surface area contributed by atoms with E-state index < -0.39 is 0 Å². The van der Waals surface area contributed by atoms with Crippen LogP contribution in [-0.4, -0.2) is 48.3 Å². The topological polar surface area (TPSA) is 60.9 Å². The summed E-state index contributed by atoms with van der Waals surface area (Å²) >= 11 is 1.67. The van der Waals surface area contributed by atoms with Gasteiger partial charge in [-0.05, 0) is 43.0 Å². The molecule has 178 valence electrons. The highest BCUT2D eigenvalue weighted by Crippen LogP contribution is 2.41. The van der Waals surface area contributed by atoms with Crippen molar-refractivity contribution in [1.82, 2.24) is 9.88 Å². The average molecular weight is 479 g/mol. The van der Waals surface area contributed by atoms with Crippen molar-refractivity contribution in [2.24, 2.45) is 5.92 Å². The molecule has 2 aromatic carbocycles. The molecule has 2 fully saturated rings. The minimum atomic E-state index is 0.0154. The van der Waals surface area contributed by atoms with Crippen molar-refractivity contribution in [2.45, 2.75) is 51.2 Å². The third-order valence-electron chi connectivity index (χ3n) is 7.11. The Kier molecular flexibility index (Phi) is 6.14. The third kappa shape index (κ3) is 4.51. The Balaban J connectivity index is 1.34. The molecule has 1 unspecified atom stereocenters. The van der Waals surface area contributed by atoms with Crippen molar-refractivity contribution in [3.05, 3.63) is 42.0 Å². The summed E-state index contributed by atoms with van der Waals surface area (Å²) in [6.45, 7) is 2.92. The van der Waals surface area contributed by atoms with Crippen molar-refractivity contribution in [1.29, 1.82) is 0 Å². The standard InChI is InChI=1S/C27H30N2O4S/c30-25(13-18-5-1-2-6-18)29-10-12-32-26-20(16-29)14-19(15-23(26)33-21-9-11-31-17-21)27-28-22-7-3-4-8-24(22)34-27/h3-4,7-8,14-15,18,21H,1-2,5-6,9-13,16-17H2. The zero-order valence-corrected chi connectivity index (χ0v) is 20.1. The number of amides is 1. The molecule has 3 aliphatic rings. The number of ether oxygens (including phenoxy) is 3. The summed E-state index contributed by atoms with van der Waals surface area (Å²) in [5.41, 5.74) is 2.99. The van der Waals surface area contributed by atoms with Gasteiger partial charge < -0.3 is 19.1 Å². The highest BCUT2D eigenvalue weighted by Gasteiger charge is 2.28. The Morgan fingerprint density at radius 1 is 1.15 bits per heavy atom. The predicted octanol–water partition coefficient (Wildman–Crippen LogP) is 5.43. The first-order valence-electron chi connectivity index (χ1n) is 12.4. The second kappa shape index (κ2) is 9.55. The second-order valence-electron chi connectivity index (χ2n) is 9.57. The van der Waals surface area contributed by atoms with E-state index in [0.29, 0.717) is 45.2 Å². The molecule has 0 N–H and O–H groups in total. The normalized spacial score (nSPS) is 20.8. The van der Waals surface area contributed by atoms with Gasteiger partial charge in [-0.25, -0.2) is 4.98 Å². The van der Waals surface area contributed by atoms with E-state index in [-0.39, 0.29) is 12.0 Å². The Labute approximate surface area is 203 Å². The lowest BCUT2D eigenvalue weighted by molar-refractivity contribution is -0.132. The van der Waals surface area contributed by atoms with Gasteiger partial charge in [0.2, 0.25) is 5.91 Å². The maximum absolute atomic E-state index is 13.2. The lowest BCUT2D eigenvalue weighted by atomic mass is 10.0. The van der Waals surface area contributed by atoms with Gasteiger partial charge in [-0.15, -0.1) is 11.3 Å². The van der Waals surface area contributed by atoms with Crippen LogP contribution in [0.3, 0.4) is 0 Å². The Morgan fingerprint density at radius 3 is 2.85 bits per heavy atom. The first-order valence-corrected chi connectivity index (χ1v) is 13.2. The van der Waals surface area contributed by atoms with Crippen LogP contribution >= 0.6 is 11.3 Å². The Morgan fingerprint density at radius 2 is 2.03 bits per heavy atom. The Hall–Kier alpha value is -2.64. The lowest BCUT2D eigenvalue weighted by Gasteiger charge is -2.22. The molecule has 1 saturated carbocycles. The van der Waals surface area contributed by atoms with Gasteiger partial charge in [-0.3, -0.25) is 4.79 Å². The molecule has 6 rings (SSSR count). The zero-order valence-electron chi connectivity index (χ0n) is 19.3. The largest absolute Gasteiger partial charge is 0.487 e. The number of carbonyl (C=O) groups is 1. The van der Waals surface area contributed by atoms with Crippen LogP contribution in [0.2, 0.25) is 0 Å². The average Bonchev–Trinajstić information content (AvgIpc) is 3.59. The van der Waals surface area contributed by atoms with E-state index in [4.69, 9.17) is 19.2 Å². The molecule has 34 heavy (non-hydrogen) atoms. The van der Waals surface area contributed by atoms with Gasteiger partial charge in [-0.1, -0.05) is 25.0 Å². The summed E-state index contributed by atoms with van der Waals surface area (Å²) in [6, 6.07) is 12.4. The van der Waals surface area contributed by atoms with Gasteiger partial charge >= 0.3 is 0 Å². The van der Waals surface area contributed by atoms with Gasteiger partial charge in [0.25, 0.3) is 0 Å². The maximum Gasteiger partial charge on any atom is 0.223 e. The lowest BCUT2D eigenvalue weighted by Crippen LogP contribution is -2.33. The number of fused-ring (bicyclic) bond motifs is 2. The van der Waals surface area contributed by atoms with E-state index in [9.17, 15) is 4.79 Å². The predicted molar refractivity (Wildman–Crippen MR) is 132 cm³/mol. The van der Waals surface area contributed by atoms with Crippen LogP contribution in [0.25, 0.3) is 20.8 Å². The molecule has 1 aliphatic carbocycles. The molecule has 0 spiro atoms. The van der Waals surface area contributed by atoms with Crippen LogP contribution in [0.4, 0.5) is 0 Å². The van der Waals surface area contributed by atoms with Crippen molar-refractivity contribution in [3.63, 3.8) is 0 Å². The van der Waals surface area contributed by atoms with Crippen LogP contribution in [0, 0.1) is 5.92 Å². The van der Waals surface area contributed by atoms with E-state index in [1.54, 1.807) is 11.3 Å². The van der Waals surface area contributed by atoms with E-state index in [1.165, 1.54) is 25.7 Å². The fourth-order valence-electron chi connectivity index (χ4n) is 5.28. The summed E-state index contributed by atoms with van der Waals surface area (Å²) < 4.78 is 19.3. The van der Waals surface area contributed by atoms with Gasteiger partial charge in [0, 0.05) is 30.5 Å². The SMILES string of the molecule is O=C(CC1CCCC1)N1CCOc2c(cc(-c3nc4ccccc4s3)cc2OC2CCOC2)C1. The summed E-state index contributed by atoms with van der Waals surface area (Å²) in [5.74, 6) is 2.26. The van der Waals surface area contributed by atoms with Crippen LogP contribution in [0.15, 0.2) is 36.4 Å². The monoisotopic (exact) mass is 478 g/mol. The molecule has 2 aliphatic heterocycles. The number of rotatable bonds is 5. The minimum Gasteiger partial charge on any atom is -0.487 e. The first kappa shape index (κ1) is 21.9. The fourth-order valence-corrected chi connectivity index (χ4v) is 6.23. The number of para-hydroxylation sites is 1. The van der Waals surface area contributed by atoms with Crippen molar-refractivity contribution >= 4 is 27.5 Å². The number of aromatic nitrogens is 1. The number of hydrogen-bond acceptors (Lipinski definition) is 6. The van der Waals surface area contributed by atoms with Gasteiger partial charge in [0.15, 0.2) is 11.5 Å². The summed E-state index contributed by atoms with van der Waals surface area (Å²) in [7, 11) is 0. The van der Waals surface area contributed by atoms with Gasteiger partial charge in [-0.2, -0.15) is 0 Å². The van der Waals surface area contributed by atoms with Gasteiger partial charge in [0.1, 0.15) is 17.7 Å². The first-order chi connectivity index (χ1) is 16.7. The third-order valence-corrected chi connectivity index (χ3v) is 8.20. The zero-order chi connectivity index (χ0) is 22.9. The molecule has 1 aromatic heterocycles. The van der Waals surface area contributed by atoms with Crippen LogP contribution < -0.4 is 9.47 Å². The van der Waals surface area contributed by atoms with Crippen LogP contribution in [0.5, 0.6) is 11.5 Å². The number of hydrogen-bond donors (Lipinski definition) is 0. The molecule has 6 nitrogen and oxygen atoms in total. The van der Waals surface area contributed by atoms with Crippen molar-refractivity contribution in [3.8, 4) is 22.1 Å². The highest BCUT2D eigenvalue weighted by molar-refractivity contribution is 7.21. The van der Waals surface area contributed by atoms with E-state index in [1.807, 2.05) is 29.2 Å².